The summed E-state index contributed by atoms with van der Waals surface area (Å²) in [7, 11) is -1.64. The number of furan rings is 1. The van der Waals surface area contributed by atoms with Crippen LogP contribution in [-0.4, -0.2) is 17.2 Å². The van der Waals surface area contributed by atoms with Crippen LogP contribution in [0.4, 0.5) is 17.6 Å². The molecule has 2 N–H and O–H groups in total. The first-order chi connectivity index (χ1) is 14.4. The Morgan fingerprint density at radius 1 is 0.700 bits per heavy atom. The molecule has 30 heavy (non-hydrogen) atoms. The summed E-state index contributed by atoms with van der Waals surface area (Å²) in [5, 5.41) is 19.9. The van der Waals surface area contributed by atoms with Gasteiger partial charge >= 0.3 is 7.12 Å². The fourth-order valence-corrected chi connectivity index (χ4v) is 3.75. The molecule has 0 spiro atoms. The van der Waals surface area contributed by atoms with Crippen LogP contribution in [0.2, 0.25) is 0 Å². The molecular weight excluding hydrogens is 399 g/mol. The molecule has 5 aromatic rings. The van der Waals surface area contributed by atoms with Gasteiger partial charge in [-0.2, -0.15) is 4.39 Å². The number of hydrogen-bond acceptors (Lipinski definition) is 3. The van der Waals surface area contributed by atoms with Crippen molar-refractivity contribution in [2.24, 2.45) is 0 Å². The summed E-state index contributed by atoms with van der Waals surface area (Å²) in [6.07, 6.45) is 0. The lowest BCUT2D eigenvalue weighted by atomic mass is 9.79. The highest BCUT2D eigenvalue weighted by Crippen LogP contribution is 2.40. The molecule has 0 aliphatic heterocycles. The lowest BCUT2D eigenvalue weighted by molar-refractivity contribution is 0.411. The molecule has 8 heteroatoms. The largest absolute Gasteiger partial charge is 0.488 e. The van der Waals surface area contributed by atoms with Crippen LogP contribution in [0.1, 0.15) is 0 Å². The maximum atomic E-state index is 14.6. The summed E-state index contributed by atoms with van der Waals surface area (Å²) in [5.41, 5.74) is 0.667. The van der Waals surface area contributed by atoms with Crippen LogP contribution in [0.15, 0.2) is 59.0 Å². The second kappa shape index (κ2) is 6.58. The molecule has 1 aromatic heterocycles. The van der Waals surface area contributed by atoms with Crippen molar-refractivity contribution < 1.29 is 32.0 Å². The first kappa shape index (κ1) is 18.7. The highest BCUT2D eigenvalue weighted by Gasteiger charge is 2.26. The monoisotopic (exact) mass is 410 g/mol. The molecule has 0 aliphatic carbocycles. The predicted octanol–water partition coefficient (Wildman–Crippen LogP) is 4.64. The Kier molecular flexibility index (Phi) is 4.09. The molecule has 0 unspecified atom stereocenters. The minimum absolute atomic E-state index is 0.0740. The number of fused-ring (bicyclic) bond motifs is 4. The van der Waals surface area contributed by atoms with Gasteiger partial charge in [-0.1, -0.05) is 42.5 Å². The Hall–Kier alpha value is -3.36. The van der Waals surface area contributed by atoms with E-state index in [1.165, 1.54) is 6.07 Å². The predicted molar refractivity (Wildman–Crippen MR) is 106 cm³/mol. The van der Waals surface area contributed by atoms with Gasteiger partial charge < -0.3 is 14.5 Å². The first-order valence-electron chi connectivity index (χ1n) is 8.94. The molecule has 3 nitrogen and oxygen atoms in total. The van der Waals surface area contributed by atoms with Gasteiger partial charge in [-0.05, 0) is 39.5 Å². The molecule has 0 saturated carbocycles. The van der Waals surface area contributed by atoms with Crippen LogP contribution in [-0.2, 0) is 0 Å². The number of benzene rings is 4. The molecule has 5 rings (SSSR count). The standard InChI is InChI=1S/C22H11BF4O3/c24-18-17-16-14(2-1-3-15(16)30-22(17)21(27)20(26)19(18)25)11-5-4-10-6-7-13(23(28)29)9-12(10)8-11/h1-9,28-29H. The van der Waals surface area contributed by atoms with Gasteiger partial charge in [0.05, 0.1) is 5.39 Å². The lowest BCUT2D eigenvalue weighted by Gasteiger charge is -2.08. The van der Waals surface area contributed by atoms with Gasteiger partial charge in [-0.3, -0.25) is 0 Å². The molecule has 4 aromatic carbocycles. The zero-order valence-electron chi connectivity index (χ0n) is 15.1. The minimum atomic E-state index is -1.93. The maximum absolute atomic E-state index is 14.6. The summed E-state index contributed by atoms with van der Waals surface area (Å²) >= 11 is 0. The van der Waals surface area contributed by atoms with Crippen molar-refractivity contribution >= 4 is 45.3 Å². The van der Waals surface area contributed by atoms with Gasteiger partial charge in [0.2, 0.25) is 11.6 Å². The molecule has 0 atom stereocenters. The first-order valence-corrected chi connectivity index (χ1v) is 8.94. The van der Waals surface area contributed by atoms with Crippen LogP contribution in [0.5, 0.6) is 0 Å². The third-order valence-corrected chi connectivity index (χ3v) is 5.19. The molecule has 0 radical (unpaired) electrons. The maximum Gasteiger partial charge on any atom is 0.488 e. The van der Waals surface area contributed by atoms with E-state index in [1.807, 2.05) is 0 Å². The molecular formula is C22H11BF4O3. The summed E-state index contributed by atoms with van der Waals surface area (Å²) in [6, 6.07) is 14.8. The SMILES string of the molecule is OB(O)c1ccc2ccc(-c3cccc4oc5c(F)c(F)c(F)c(F)c5c34)cc2c1. The van der Waals surface area contributed by atoms with Crippen LogP contribution in [0.3, 0.4) is 0 Å². The molecule has 148 valence electrons. The van der Waals surface area contributed by atoms with Crippen molar-refractivity contribution in [1.29, 1.82) is 0 Å². The van der Waals surface area contributed by atoms with E-state index in [1.54, 1.807) is 48.5 Å². The summed E-state index contributed by atoms with van der Waals surface area (Å²) in [4.78, 5) is 0. The Morgan fingerprint density at radius 2 is 1.43 bits per heavy atom. The van der Waals surface area contributed by atoms with Gasteiger partial charge in [-0.15, -0.1) is 0 Å². The van der Waals surface area contributed by atoms with E-state index in [2.05, 4.69) is 0 Å². The third kappa shape index (κ3) is 2.61. The Bertz CT molecular complexity index is 1480. The van der Waals surface area contributed by atoms with E-state index < -0.39 is 41.4 Å². The zero-order chi connectivity index (χ0) is 21.2. The second-order valence-electron chi connectivity index (χ2n) is 6.94. The van der Waals surface area contributed by atoms with E-state index in [-0.39, 0.29) is 16.4 Å². The van der Waals surface area contributed by atoms with Crippen molar-refractivity contribution in [2.75, 3.05) is 0 Å². The van der Waals surface area contributed by atoms with Crippen LogP contribution < -0.4 is 5.46 Å². The minimum Gasteiger partial charge on any atom is -0.453 e. The fourth-order valence-electron chi connectivity index (χ4n) is 3.75. The van der Waals surface area contributed by atoms with E-state index in [0.29, 0.717) is 16.5 Å². The van der Waals surface area contributed by atoms with E-state index in [4.69, 9.17) is 4.42 Å². The van der Waals surface area contributed by atoms with E-state index in [9.17, 15) is 27.6 Å². The quantitative estimate of drug-likeness (QED) is 0.193. The average molecular weight is 410 g/mol. The van der Waals surface area contributed by atoms with Crippen molar-refractivity contribution in [2.45, 2.75) is 0 Å². The average Bonchev–Trinajstić information content (AvgIpc) is 3.15. The number of hydrogen-bond donors (Lipinski definition) is 2. The molecule has 0 saturated heterocycles. The van der Waals surface area contributed by atoms with E-state index >= 15 is 0 Å². The van der Waals surface area contributed by atoms with Crippen LogP contribution in [0.25, 0.3) is 43.8 Å². The molecule has 0 amide bonds. The smallest absolute Gasteiger partial charge is 0.453 e. The van der Waals surface area contributed by atoms with Gasteiger partial charge in [-0.25, -0.2) is 13.2 Å². The van der Waals surface area contributed by atoms with E-state index in [0.717, 1.165) is 5.39 Å². The van der Waals surface area contributed by atoms with Crippen molar-refractivity contribution in [3.63, 3.8) is 0 Å². The van der Waals surface area contributed by atoms with Gasteiger partial charge in [0.25, 0.3) is 0 Å². The van der Waals surface area contributed by atoms with Crippen LogP contribution in [0, 0.1) is 23.3 Å². The van der Waals surface area contributed by atoms with Crippen molar-refractivity contribution in [3.05, 3.63) is 77.9 Å². The molecule has 0 fully saturated rings. The van der Waals surface area contributed by atoms with Crippen molar-refractivity contribution in [3.8, 4) is 11.1 Å². The fraction of sp³-hybridized carbons (Fsp3) is 0. The van der Waals surface area contributed by atoms with Crippen molar-refractivity contribution in [1.82, 2.24) is 0 Å². The normalized spacial score (nSPS) is 11.7. The highest BCUT2D eigenvalue weighted by molar-refractivity contribution is 6.58. The third-order valence-electron chi connectivity index (χ3n) is 5.19. The van der Waals surface area contributed by atoms with Gasteiger partial charge in [0.1, 0.15) is 5.58 Å². The Labute approximate surface area is 166 Å². The Balaban J connectivity index is 1.85. The molecule has 0 aliphatic rings. The van der Waals surface area contributed by atoms with Crippen LogP contribution >= 0.6 is 0 Å². The summed E-state index contributed by atoms with van der Waals surface area (Å²) in [5.74, 6) is -6.95. The molecule has 0 bridgehead atoms. The number of halogens is 4. The van der Waals surface area contributed by atoms with Gasteiger partial charge in [0.15, 0.2) is 17.2 Å². The Morgan fingerprint density at radius 3 is 2.20 bits per heavy atom. The van der Waals surface area contributed by atoms with Gasteiger partial charge in [0, 0.05) is 5.39 Å². The summed E-state index contributed by atoms with van der Waals surface area (Å²) in [6.45, 7) is 0. The highest BCUT2D eigenvalue weighted by atomic mass is 19.2. The molecule has 1 heterocycles. The topological polar surface area (TPSA) is 53.6 Å². The summed E-state index contributed by atoms with van der Waals surface area (Å²) < 4.78 is 61.7. The number of rotatable bonds is 2. The second-order valence-corrected chi connectivity index (χ2v) is 6.94. The zero-order valence-corrected chi connectivity index (χ0v) is 15.1. The lowest BCUT2D eigenvalue weighted by Crippen LogP contribution is -2.29.